The van der Waals surface area contributed by atoms with Crippen LogP contribution >= 0.6 is 0 Å². The van der Waals surface area contributed by atoms with E-state index < -0.39 is 0 Å². The molecule has 0 amide bonds. The Balaban J connectivity index is 1.82. The van der Waals surface area contributed by atoms with Gasteiger partial charge in [0.2, 0.25) is 0 Å². The van der Waals surface area contributed by atoms with Crippen LogP contribution in [0, 0.1) is 5.92 Å². The van der Waals surface area contributed by atoms with Crippen molar-refractivity contribution >= 4 is 0 Å². The Morgan fingerprint density at radius 3 is 2.40 bits per heavy atom. The number of hydrogen-bond acceptors (Lipinski definition) is 1. The van der Waals surface area contributed by atoms with Gasteiger partial charge in [0.1, 0.15) is 0 Å². The Morgan fingerprint density at radius 2 is 2.00 bits per heavy atom. The molecule has 1 aliphatic carbocycles. The quantitative estimate of drug-likeness (QED) is 0.536. The fourth-order valence-electron chi connectivity index (χ4n) is 2.05. The highest BCUT2D eigenvalue weighted by atomic mass is 15.2. The zero-order chi connectivity index (χ0) is 6.97. The molecule has 0 spiro atoms. The lowest BCUT2D eigenvalue weighted by molar-refractivity contribution is 0.154. The molecule has 58 valence electrons. The van der Waals surface area contributed by atoms with Crippen molar-refractivity contribution in [2.45, 2.75) is 38.6 Å². The van der Waals surface area contributed by atoms with Gasteiger partial charge in [-0.25, -0.2) is 0 Å². The summed E-state index contributed by atoms with van der Waals surface area (Å²) < 4.78 is 0. The number of nitrogens with zero attached hydrogens (tertiary/aromatic N) is 1. The Labute approximate surface area is 63.4 Å². The molecule has 0 N–H and O–H groups in total. The first-order valence-corrected chi connectivity index (χ1v) is 4.60. The monoisotopic (exact) mass is 139 g/mol. The maximum absolute atomic E-state index is 2.69. The second-order valence-electron chi connectivity index (χ2n) is 3.97. The highest BCUT2D eigenvalue weighted by Gasteiger charge is 2.29. The summed E-state index contributed by atoms with van der Waals surface area (Å²) in [5.41, 5.74) is 0. The lowest BCUT2D eigenvalue weighted by Crippen LogP contribution is -2.38. The first kappa shape index (κ1) is 6.66. The van der Waals surface area contributed by atoms with E-state index in [4.69, 9.17) is 0 Å². The van der Waals surface area contributed by atoms with Crippen molar-refractivity contribution < 1.29 is 0 Å². The molecule has 2 aliphatic rings. The van der Waals surface area contributed by atoms with Crippen molar-refractivity contribution in [1.82, 2.24) is 4.90 Å². The van der Waals surface area contributed by atoms with Crippen molar-refractivity contribution in [2.24, 2.45) is 5.92 Å². The molecule has 0 bridgehead atoms. The van der Waals surface area contributed by atoms with Crippen LogP contribution in [0.4, 0.5) is 0 Å². The van der Waals surface area contributed by atoms with E-state index in [1.54, 1.807) is 0 Å². The van der Waals surface area contributed by atoms with E-state index in [0.29, 0.717) is 0 Å². The molecule has 1 heterocycles. The lowest BCUT2D eigenvalue weighted by Gasteiger charge is -2.34. The van der Waals surface area contributed by atoms with Crippen LogP contribution in [0.2, 0.25) is 0 Å². The Hall–Kier alpha value is -0.0400. The van der Waals surface area contributed by atoms with Crippen LogP contribution < -0.4 is 0 Å². The fourth-order valence-corrected chi connectivity index (χ4v) is 2.05. The zero-order valence-electron chi connectivity index (χ0n) is 6.84. The highest BCUT2D eigenvalue weighted by molar-refractivity contribution is 4.84. The third-order valence-electron chi connectivity index (χ3n) is 3.05. The van der Waals surface area contributed by atoms with Crippen LogP contribution in [0.15, 0.2) is 0 Å². The lowest BCUT2D eigenvalue weighted by atomic mass is 9.92. The van der Waals surface area contributed by atoms with Crippen LogP contribution in [-0.4, -0.2) is 24.0 Å². The molecule has 1 unspecified atom stereocenters. The topological polar surface area (TPSA) is 3.24 Å². The molecule has 0 radical (unpaired) electrons. The van der Waals surface area contributed by atoms with Crippen LogP contribution in [0.3, 0.4) is 0 Å². The summed E-state index contributed by atoms with van der Waals surface area (Å²) in [5.74, 6) is 0.973. The maximum atomic E-state index is 2.69. The number of rotatable bonds is 1. The van der Waals surface area contributed by atoms with Gasteiger partial charge in [0.25, 0.3) is 0 Å². The predicted molar refractivity (Wildman–Crippen MR) is 43.0 cm³/mol. The van der Waals surface area contributed by atoms with Gasteiger partial charge < -0.3 is 4.90 Å². The molecule has 1 saturated heterocycles. The second-order valence-corrected chi connectivity index (χ2v) is 3.97. The molecule has 1 saturated carbocycles. The van der Waals surface area contributed by atoms with E-state index in [1.165, 1.54) is 38.8 Å². The SMILES string of the molecule is CC1CCN(C2CCC2)C1. The molecule has 1 aliphatic heterocycles. The summed E-state index contributed by atoms with van der Waals surface area (Å²) in [6, 6.07) is 0.991. The Morgan fingerprint density at radius 1 is 1.20 bits per heavy atom. The largest absolute Gasteiger partial charge is 0.300 e. The Bertz CT molecular complexity index is 118. The van der Waals surface area contributed by atoms with E-state index in [-0.39, 0.29) is 0 Å². The van der Waals surface area contributed by atoms with Gasteiger partial charge in [0, 0.05) is 12.6 Å². The summed E-state index contributed by atoms with van der Waals surface area (Å²) in [6.45, 7) is 5.13. The predicted octanol–water partition coefficient (Wildman–Crippen LogP) is 1.88. The van der Waals surface area contributed by atoms with Gasteiger partial charge in [-0.3, -0.25) is 0 Å². The van der Waals surface area contributed by atoms with Gasteiger partial charge in [-0.15, -0.1) is 0 Å². The van der Waals surface area contributed by atoms with E-state index in [9.17, 15) is 0 Å². The molecular weight excluding hydrogens is 122 g/mol. The molecule has 1 nitrogen and oxygen atoms in total. The molecular formula is C9H17N. The second kappa shape index (κ2) is 2.54. The molecule has 0 aromatic carbocycles. The van der Waals surface area contributed by atoms with Gasteiger partial charge in [-0.1, -0.05) is 13.3 Å². The maximum Gasteiger partial charge on any atom is 0.00953 e. The minimum absolute atomic E-state index is 0.973. The number of hydrogen-bond donors (Lipinski definition) is 0. The van der Waals surface area contributed by atoms with Crippen LogP contribution in [0.25, 0.3) is 0 Å². The van der Waals surface area contributed by atoms with Gasteiger partial charge in [-0.05, 0) is 31.7 Å². The van der Waals surface area contributed by atoms with Crippen molar-refractivity contribution in [3.63, 3.8) is 0 Å². The fraction of sp³-hybridized carbons (Fsp3) is 1.00. The minimum Gasteiger partial charge on any atom is -0.300 e. The average Bonchev–Trinajstić information content (AvgIpc) is 2.10. The molecule has 1 atom stereocenters. The number of likely N-dealkylation sites (tertiary alicyclic amines) is 1. The first-order chi connectivity index (χ1) is 4.86. The van der Waals surface area contributed by atoms with Gasteiger partial charge in [-0.2, -0.15) is 0 Å². The molecule has 2 fully saturated rings. The summed E-state index contributed by atoms with van der Waals surface area (Å²) in [6.07, 6.45) is 5.88. The van der Waals surface area contributed by atoms with E-state index >= 15 is 0 Å². The third-order valence-corrected chi connectivity index (χ3v) is 3.05. The normalized spacial score (nSPS) is 36.3. The van der Waals surface area contributed by atoms with Crippen molar-refractivity contribution in [3.8, 4) is 0 Å². The van der Waals surface area contributed by atoms with Gasteiger partial charge >= 0.3 is 0 Å². The van der Waals surface area contributed by atoms with Gasteiger partial charge in [0.15, 0.2) is 0 Å². The summed E-state index contributed by atoms with van der Waals surface area (Å²) in [5, 5.41) is 0. The average molecular weight is 139 g/mol. The minimum atomic E-state index is 0.973. The molecule has 2 rings (SSSR count). The summed E-state index contributed by atoms with van der Waals surface area (Å²) >= 11 is 0. The van der Waals surface area contributed by atoms with Gasteiger partial charge in [0.05, 0.1) is 0 Å². The Kier molecular flexibility index (Phi) is 1.69. The third kappa shape index (κ3) is 1.07. The van der Waals surface area contributed by atoms with E-state index in [0.717, 1.165) is 12.0 Å². The molecule has 0 aromatic heterocycles. The standard InChI is InChI=1S/C9H17N/c1-8-5-6-10(7-8)9-3-2-4-9/h8-9H,2-7H2,1H3. The highest BCUT2D eigenvalue weighted by Crippen LogP contribution is 2.29. The van der Waals surface area contributed by atoms with Crippen LogP contribution in [0.1, 0.15) is 32.6 Å². The van der Waals surface area contributed by atoms with Crippen molar-refractivity contribution in [2.75, 3.05) is 13.1 Å². The first-order valence-electron chi connectivity index (χ1n) is 4.60. The van der Waals surface area contributed by atoms with E-state index in [2.05, 4.69) is 11.8 Å². The molecule has 1 heteroatoms. The van der Waals surface area contributed by atoms with Crippen LogP contribution in [-0.2, 0) is 0 Å². The van der Waals surface area contributed by atoms with E-state index in [1.807, 2.05) is 0 Å². The summed E-state index contributed by atoms with van der Waals surface area (Å²) in [4.78, 5) is 2.69. The molecule has 0 aromatic rings. The summed E-state index contributed by atoms with van der Waals surface area (Å²) in [7, 11) is 0. The molecule has 10 heavy (non-hydrogen) atoms. The van der Waals surface area contributed by atoms with Crippen molar-refractivity contribution in [1.29, 1.82) is 0 Å². The smallest absolute Gasteiger partial charge is 0.00953 e. The zero-order valence-corrected chi connectivity index (χ0v) is 6.84. The van der Waals surface area contributed by atoms with Crippen molar-refractivity contribution in [3.05, 3.63) is 0 Å². The van der Waals surface area contributed by atoms with Crippen LogP contribution in [0.5, 0.6) is 0 Å².